The van der Waals surface area contributed by atoms with Crippen LogP contribution in [0, 0.1) is 18.3 Å². The van der Waals surface area contributed by atoms with Crippen LogP contribution in [0.25, 0.3) is 0 Å². The maximum atomic E-state index is 12.3. The molecular formula is C15H12N4O3S. The highest BCUT2D eigenvalue weighted by Crippen LogP contribution is 2.32. The predicted molar refractivity (Wildman–Crippen MR) is 83.6 cm³/mol. The predicted octanol–water partition coefficient (Wildman–Crippen LogP) is 2.38. The molecule has 2 aromatic rings. The first-order valence-electron chi connectivity index (χ1n) is 6.72. The second-order valence-electron chi connectivity index (χ2n) is 4.65. The molecule has 0 saturated heterocycles. The van der Waals surface area contributed by atoms with E-state index in [1.807, 2.05) is 6.07 Å². The average molecular weight is 328 g/mol. The van der Waals surface area contributed by atoms with Crippen molar-refractivity contribution in [2.24, 2.45) is 0 Å². The molecule has 3 rings (SSSR count). The molecule has 2 heterocycles. The number of fused-ring (bicyclic) bond motifs is 1. The highest BCUT2D eigenvalue weighted by molar-refractivity contribution is 7.99. The van der Waals surface area contributed by atoms with Crippen molar-refractivity contribution in [3.8, 4) is 17.6 Å². The summed E-state index contributed by atoms with van der Waals surface area (Å²) in [7, 11) is 0. The number of nitriles is 1. The zero-order valence-corrected chi connectivity index (χ0v) is 13.0. The van der Waals surface area contributed by atoms with Crippen molar-refractivity contribution in [2.75, 3.05) is 17.9 Å². The van der Waals surface area contributed by atoms with Crippen LogP contribution in [0.1, 0.15) is 16.1 Å². The third-order valence-corrected chi connectivity index (χ3v) is 3.69. The van der Waals surface area contributed by atoms with Gasteiger partial charge in [0.2, 0.25) is 6.79 Å². The number of rotatable bonds is 4. The van der Waals surface area contributed by atoms with Gasteiger partial charge in [0.15, 0.2) is 16.7 Å². The fourth-order valence-corrected chi connectivity index (χ4v) is 2.56. The Kier molecular flexibility index (Phi) is 4.30. The van der Waals surface area contributed by atoms with Gasteiger partial charge in [-0.15, -0.1) is 0 Å². The summed E-state index contributed by atoms with van der Waals surface area (Å²) in [5.74, 6) is 1.49. The van der Waals surface area contributed by atoms with Gasteiger partial charge in [-0.2, -0.15) is 5.26 Å². The summed E-state index contributed by atoms with van der Waals surface area (Å²) in [4.78, 5) is 20.8. The summed E-state index contributed by atoms with van der Waals surface area (Å²) < 4.78 is 10.5. The number of hydrogen-bond acceptors (Lipinski definition) is 7. The van der Waals surface area contributed by atoms with Crippen molar-refractivity contribution < 1.29 is 14.3 Å². The third-order valence-electron chi connectivity index (χ3n) is 2.98. The number of anilines is 1. The van der Waals surface area contributed by atoms with E-state index in [1.54, 1.807) is 31.2 Å². The maximum absolute atomic E-state index is 12.3. The van der Waals surface area contributed by atoms with Crippen LogP contribution < -0.4 is 14.8 Å². The molecule has 0 atom stereocenters. The minimum Gasteiger partial charge on any atom is -0.454 e. The van der Waals surface area contributed by atoms with Crippen LogP contribution in [-0.2, 0) is 0 Å². The van der Waals surface area contributed by atoms with E-state index in [1.165, 1.54) is 11.8 Å². The molecule has 0 radical (unpaired) electrons. The minimum absolute atomic E-state index is 0.158. The number of nitrogens with one attached hydrogen (secondary N) is 1. The zero-order chi connectivity index (χ0) is 16.2. The van der Waals surface area contributed by atoms with E-state index < -0.39 is 0 Å². The molecule has 116 valence electrons. The van der Waals surface area contributed by atoms with Gasteiger partial charge >= 0.3 is 0 Å². The minimum atomic E-state index is -0.308. The number of amides is 1. The molecule has 1 amide bonds. The quantitative estimate of drug-likeness (QED) is 0.679. The number of ether oxygens (including phenoxy) is 2. The number of aromatic nitrogens is 2. The monoisotopic (exact) mass is 328 g/mol. The van der Waals surface area contributed by atoms with Gasteiger partial charge < -0.3 is 14.8 Å². The van der Waals surface area contributed by atoms with E-state index in [9.17, 15) is 4.79 Å². The van der Waals surface area contributed by atoms with Crippen LogP contribution in [0.5, 0.6) is 11.5 Å². The van der Waals surface area contributed by atoms with Crippen molar-refractivity contribution in [1.82, 2.24) is 9.97 Å². The van der Waals surface area contributed by atoms with Crippen LogP contribution in [-0.4, -0.2) is 28.4 Å². The summed E-state index contributed by atoms with van der Waals surface area (Å²) in [6.07, 6.45) is 0. The number of hydrogen-bond donors (Lipinski definition) is 1. The lowest BCUT2D eigenvalue weighted by Crippen LogP contribution is -2.13. The van der Waals surface area contributed by atoms with Gasteiger partial charge in [0.25, 0.3) is 5.91 Å². The molecule has 0 bridgehead atoms. The SMILES string of the molecule is Cc1cc(NC(=O)c2ccc3c(c2)OCO3)nc(SCC#N)n1. The fraction of sp³-hybridized carbons (Fsp3) is 0.200. The van der Waals surface area contributed by atoms with Crippen molar-refractivity contribution in [1.29, 1.82) is 5.26 Å². The summed E-state index contributed by atoms with van der Waals surface area (Å²) >= 11 is 1.22. The average Bonchev–Trinajstić information content (AvgIpc) is 2.99. The topological polar surface area (TPSA) is 97.1 Å². The molecule has 8 heteroatoms. The Morgan fingerprint density at radius 2 is 2.17 bits per heavy atom. The van der Waals surface area contributed by atoms with Crippen LogP contribution in [0.15, 0.2) is 29.4 Å². The van der Waals surface area contributed by atoms with Crippen LogP contribution >= 0.6 is 11.8 Å². The normalized spacial score (nSPS) is 11.8. The lowest BCUT2D eigenvalue weighted by atomic mass is 10.2. The largest absolute Gasteiger partial charge is 0.454 e. The van der Waals surface area contributed by atoms with Crippen LogP contribution in [0.3, 0.4) is 0 Å². The lowest BCUT2D eigenvalue weighted by molar-refractivity contribution is 0.102. The smallest absolute Gasteiger partial charge is 0.256 e. The summed E-state index contributed by atoms with van der Waals surface area (Å²) in [6.45, 7) is 1.96. The Bertz CT molecular complexity index is 804. The molecule has 7 nitrogen and oxygen atoms in total. The third kappa shape index (κ3) is 3.52. The van der Waals surface area contributed by atoms with E-state index in [0.29, 0.717) is 33.7 Å². The first kappa shape index (κ1) is 15.1. The Hall–Kier alpha value is -2.79. The molecule has 0 fully saturated rings. The van der Waals surface area contributed by atoms with Crippen LogP contribution in [0.2, 0.25) is 0 Å². The molecule has 0 unspecified atom stereocenters. The number of carbonyl (C=O) groups excluding carboxylic acids is 1. The van der Waals surface area contributed by atoms with E-state index in [0.717, 1.165) is 0 Å². The number of benzene rings is 1. The number of nitrogens with zero attached hydrogens (tertiary/aromatic N) is 3. The molecule has 1 aliphatic rings. The second kappa shape index (κ2) is 6.54. The van der Waals surface area contributed by atoms with Gasteiger partial charge in [0, 0.05) is 17.3 Å². The Balaban J connectivity index is 1.77. The van der Waals surface area contributed by atoms with Crippen molar-refractivity contribution in [3.63, 3.8) is 0 Å². The van der Waals surface area contributed by atoms with Gasteiger partial charge in [-0.05, 0) is 25.1 Å². The number of thioether (sulfide) groups is 1. The molecular weight excluding hydrogens is 316 g/mol. The lowest BCUT2D eigenvalue weighted by Gasteiger charge is -2.07. The Morgan fingerprint density at radius 1 is 1.35 bits per heavy atom. The van der Waals surface area contributed by atoms with E-state index in [2.05, 4.69) is 15.3 Å². The van der Waals surface area contributed by atoms with E-state index in [-0.39, 0.29) is 18.5 Å². The Morgan fingerprint density at radius 3 is 3.00 bits per heavy atom. The first-order chi connectivity index (χ1) is 11.2. The number of aryl methyl sites for hydroxylation is 1. The molecule has 0 saturated carbocycles. The van der Waals surface area contributed by atoms with Gasteiger partial charge in [-0.3, -0.25) is 4.79 Å². The molecule has 1 aromatic carbocycles. The molecule has 1 N–H and O–H groups in total. The fourth-order valence-electron chi connectivity index (χ4n) is 1.99. The van der Waals surface area contributed by atoms with Gasteiger partial charge in [-0.25, -0.2) is 9.97 Å². The number of carbonyl (C=O) groups is 1. The van der Waals surface area contributed by atoms with Crippen LogP contribution in [0.4, 0.5) is 5.82 Å². The summed E-state index contributed by atoms with van der Waals surface area (Å²) in [6, 6.07) is 8.65. The van der Waals surface area contributed by atoms with Gasteiger partial charge in [-0.1, -0.05) is 11.8 Å². The van der Waals surface area contributed by atoms with Gasteiger partial charge in [0.1, 0.15) is 5.82 Å². The maximum Gasteiger partial charge on any atom is 0.256 e. The molecule has 0 spiro atoms. The van der Waals surface area contributed by atoms with Crippen molar-refractivity contribution in [3.05, 3.63) is 35.5 Å². The molecule has 1 aliphatic heterocycles. The zero-order valence-electron chi connectivity index (χ0n) is 12.2. The summed E-state index contributed by atoms with van der Waals surface area (Å²) in [5.41, 5.74) is 1.15. The Labute approximate surface area is 136 Å². The molecule has 0 aliphatic carbocycles. The van der Waals surface area contributed by atoms with Crippen molar-refractivity contribution >= 4 is 23.5 Å². The summed E-state index contributed by atoms with van der Waals surface area (Å²) in [5, 5.41) is 11.8. The first-order valence-corrected chi connectivity index (χ1v) is 7.71. The molecule has 23 heavy (non-hydrogen) atoms. The highest BCUT2D eigenvalue weighted by atomic mass is 32.2. The van der Waals surface area contributed by atoms with Gasteiger partial charge in [0.05, 0.1) is 11.8 Å². The van der Waals surface area contributed by atoms with E-state index in [4.69, 9.17) is 14.7 Å². The highest BCUT2D eigenvalue weighted by Gasteiger charge is 2.16. The van der Waals surface area contributed by atoms with Crippen molar-refractivity contribution in [2.45, 2.75) is 12.1 Å². The second-order valence-corrected chi connectivity index (χ2v) is 5.59. The molecule has 1 aromatic heterocycles. The van der Waals surface area contributed by atoms with E-state index >= 15 is 0 Å². The standard InChI is InChI=1S/C15H12N4O3S/c1-9-6-13(19-15(17-9)23-5-4-16)18-14(20)10-2-3-11-12(7-10)22-8-21-11/h2-3,6-7H,5,8H2,1H3,(H,17,18,19,20).